The Hall–Kier alpha value is -2.34. The van der Waals surface area contributed by atoms with Crippen LogP contribution < -0.4 is 11.4 Å². The first-order valence-electron chi connectivity index (χ1n) is 6.44. The number of hydrogen-bond acceptors (Lipinski definition) is 6. The van der Waals surface area contributed by atoms with Gasteiger partial charge in [0.2, 0.25) is 0 Å². The van der Waals surface area contributed by atoms with E-state index in [1.165, 1.54) is 13.0 Å². The number of aliphatic hydroxyl groups is 1. The molecular formula is C15H17NO5. The Morgan fingerprint density at radius 1 is 1.52 bits per heavy atom. The zero-order valence-electron chi connectivity index (χ0n) is 11.8. The van der Waals surface area contributed by atoms with Crippen molar-refractivity contribution in [2.45, 2.75) is 31.8 Å². The predicted octanol–water partition coefficient (Wildman–Crippen LogP) is 0.860. The lowest BCUT2D eigenvalue weighted by Crippen LogP contribution is -2.33. The van der Waals surface area contributed by atoms with Gasteiger partial charge in [-0.3, -0.25) is 4.79 Å². The molecule has 0 fully saturated rings. The fourth-order valence-corrected chi connectivity index (χ4v) is 2.63. The van der Waals surface area contributed by atoms with Crippen LogP contribution in [-0.4, -0.2) is 21.6 Å². The van der Waals surface area contributed by atoms with Crippen molar-refractivity contribution >= 4 is 5.78 Å². The predicted molar refractivity (Wildman–Crippen MR) is 75.8 cm³/mol. The summed E-state index contributed by atoms with van der Waals surface area (Å²) >= 11 is 0. The molecule has 0 saturated carbocycles. The van der Waals surface area contributed by atoms with Crippen molar-refractivity contribution < 1.29 is 19.4 Å². The van der Waals surface area contributed by atoms with E-state index in [-0.39, 0.29) is 34.8 Å². The van der Waals surface area contributed by atoms with Crippen LogP contribution in [-0.2, 0) is 4.79 Å². The molecular weight excluding hydrogens is 274 g/mol. The third-order valence-corrected chi connectivity index (χ3v) is 3.74. The van der Waals surface area contributed by atoms with Gasteiger partial charge in [0.25, 0.3) is 0 Å². The van der Waals surface area contributed by atoms with Gasteiger partial charge in [0.15, 0.2) is 11.4 Å². The number of rotatable bonds is 3. The Bertz CT molecular complexity index is 715. The second-order valence-electron chi connectivity index (χ2n) is 5.24. The quantitative estimate of drug-likeness (QED) is 0.712. The van der Waals surface area contributed by atoms with E-state index >= 15 is 0 Å². The number of nitrogens with two attached hydrogens (primary N) is 1. The number of ketones is 1. The van der Waals surface area contributed by atoms with Crippen molar-refractivity contribution in [2.24, 2.45) is 5.73 Å². The van der Waals surface area contributed by atoms with Crippen LogP contribution in [0.5, 0.6) is 5.75 Å². The van der Waals surface area contributed by atoms with E-state index in [2.05, 4.69) is 6.58 Å². The van der Waals surface area contributed by atoms with Crippen molar-refractivity contribution in [3.8, 4) is 5.75 Å². The Balaban J connectivity index is 2.54. The van der Waals surface area contributed by atoms with Crippen molar-refractivity contribution in [3.63, 3.8) is 0 Å². The van der Waals surface area contributed by atoms with E-state index in [4.69, 9.17) is 10.2 Å². The summed E-state index contributed by atoms with van der Waals surface area (Å²) in [7, 11) is 0. The van der Waals surface area contributed by atoms with E-state index in [9.17, 15) is 19.8 Å². The van der Waals surface area contributed by atoms with E-state index in [0.717, 1.165) is 6.08 Å². The van der Waals surface area contributed by atoms with Crippen molar-refractivity contribution in [2.75, 3.05) is 0 Å². The SMILES string of the molecule is C=CC1(O)CC(N)=C(C(C)c2c(O)cc(C)oc2=O)C1=O. The molecule has 0 aliphatic heterocycles. The monoisotopic (exact) mass is 291 g/mol. The molecule has 0 saturated heterocycles. The van der Waals surface area contributed by atoms with Gasteiger partial charge >= 0.3 is 5.63 Å². The fraction of sp³-hybridized carbons (Fsp3) is 0.333. The number of Topliss-reactive ketones (excluding diaryl/α,β-unsaturated/α-hetero) is 1. The molecule has 4 N–H and O–H groups in total. The first-order chi connectivity index (χ1) is 9.71. The summed E-state index contributed by atoms with van der Waals surface area (Å²) in [5, 5.41) is 20.1. The molecule has 1 aromatic heterocycles. The lowest BCUT2D eigenvalue weighted by atomic mass is 9.88. The molecule has 112 valence electrons. The molecule has 2 rings (SSSR count). The molecule has 21 heavy (non-hydrogen) atoms. The van der Waals surface area contributed by atoms with Gasteiger partial charge in [-0.05, 0) is 6.92 Å². The van der Waals surface area contributed by atoms with Gasteiger partial charge in [-0.2, -0.15) is 0 Å². The average Bonchev–Trinajstić information content (AvgIpc) is 2.59. The van der Waals surface area contributed by atoms with Crippen LogP contribution in [0.3, 0.4) is 0 Å². The minimum Gasteiger partial charge on any atom is -0.507 e. The summed E-state index contributed by atoms with van der Waals surface area (Å²) in [6.45, 7) is 6.51. The van der Waals surface area contributed by atoms with Crippen LogP contribution in [0.4, 0.5) is 0 Å². The Kier molecular flexibility index (Phi) is 3.51. The van der Waals surface area contributed by atoms with Gasteiger partial charge in [0, 0.05) is 29.7 Å². The minimum atomic E-state index is -1.76. The highest BCUT2D eigenvalue weighted by Gasteiger charge is 2.45. The van der Waals surface area contributed by atoms with Gasteiger partial charge < -0.3 is 20.4 Å². The molecule has 6 heteroatoms. The van der Waals surface area contributed by atoms with E-state index in [1.807, 2.05) is 0 Å². The molecule has 0 radical (unpaired) electrons. The van der Waals surface area contributed by atoms with Crippen LogP contribution >= 0.6 is 0 Å². The summed E-state index contributed by atoms with van der Waals surface area (Å²) in [5.41, 5.74) is 3.56. The molecule has 0 aromatic carbocycles. The normalized spacial score (nSPS) is 23.5. The number of hydrogen-bond donors (Lipinski definition) is 3. The van der Waals surface area contributed by atoms with Crippen LogP contribution in [0.25, 0.3) is 0 Å². The third kappa shape index (κ3) is 2.27. The number of aromatic hydroxyl groups is 1. The first-order valence-corrected chi connectivity index (χ1v) is 6.44. The summed E-state index contributed by atoms with van der Waals surface area (Å²) < 4.78 is 4.95. The van der Waals surface area contributed by atoms with Gasteiger partial charge in [-0.25, -0.2) is 4.79 Å². The maximum Gasteiger partial charge on any atom is 0.343 e. The lowest BCUT2D eigenvalue weighted by molar-refractivity contribution is -0.127. The molecule has 2 atom stereocenters. The van der Waals surface area contributed by atoms with E-state index in [0.29, 0.717) is 0 Å². The first kappa shape index (κ1) is 15.1. The van der Waals surface area contributed by atoms with Crippen LogP contribution in [0.15, 0.2) is 39.2 Å². The highest BCUT2D eigenvalue weighted by molar-refractivity contribution is 6.07. The highest BCUT2D eigenvalue weighted by Crippen LogP contribution is 2.39. The zero-order chi connectivity index (χ0) is 15.9. The molecule has 0 bridgehead atoms. The second kappa shape index (κ2) is 4.89. The second-order valence-corrected chi connectivity index (χ2v) is 5.24. The van der Waals surface area contributed by atoms with Crippen molar-refractivity contribution in [3.05, 3.63) is 51.7 Å². The summed E-state index contributed by atoms with van der Waals surface area (Å²) in [5.74, 6) is -1.40. The van der Waals surface area contributed by atoms with Gasteiger partial charge in [0.1, 0.15) is 11.5 Å². The Morgan fingerprint density at radius 2 is 2.14 bits per heavy atom. The van der Waals surface area contributed by atoms with Crippen molar-refractivity contribution in [1.29, 1.82) is 0 Å². The fourth-order valence-electron chi connectivity index (χ4n) is 2.63. The lowest BCUT2D eigenvalue weighted by Gasteiger charge is -2.18. The molecule has 1 heterocycles. The molecule has 0 spiro atoms. The van der Waals surface area contributed by atoms with Crippen LogP contribution in [0.1, 0.15) is 30.6 Å². The van der Waals surface area contributed by atoms with Gasteiger partial charge in [0.05, 0.1) is 5.56 Å². The molecule has 1 aromatic rings. The highest BCUT2D eigenvalue weighted by atomic mass is 16.4. The minimum absolute atomic E-state index is 0.0554. The third-order valence-electron chi connectivity index (χ3n) is 3.74. The molecule has 2 unspecified atom stereocenters. The topological polar surface area (TPSA) is 114 Å². The summed E-state index contributed by atoms with van der Waals surface area (Å²) in [4.78, 5) is 24.2. The molecule has 1 aliphatic rings. The maximum absolute atomic E-state index is 12.3. The van der Waals surface area contributed by atoms with E-state index < -0.39 is 22.9 Å². The summed E-state index contributed by atoms with van der Waals surface area (Å²) in [6.07, 6.45) is 1.05. The number of aryl methyl sites for hydroxylation is 1. The smallest absolute Gasteiger partial charge is 0.343 e. The van der Waals surface area contributed by atoms with E-state index in [1.54, 1.807) is 6.92 Å². The van der Waals surface area contributed by atoms with Crippen LogP contribution in [0.2, 0.25) is 0 Å². The number of carbonyl (C=O) groups excluding carboxylic acids is 1. The zero-order valence-corrected chi connectivity index (χ0v) is 11.8. The Labute approximate surface area is 121 Å². The Morgan fingerprint density at radius 3 is 2.62 bits per heavy atom. The van der Waals surface area contributed by atoms with Crippen molar-refractivity contribution in [1.82, 2.24) is 0 Å². The molecule has 0 amide bonds. The largest absolute Gasteiger partial charge is 0.507 e. The maximum atomic E-state index is 12.3. The molecule has 1 aliphatic carbocycles. The van der Waals surface area contributed by atoms with Crippen LogP contribution in [0, 0.1) is 6.92 Å². The standard InChI is InChI=1S/C15H17NO5/c1-4-15(20)6-9(16)11(13(15)18)8(3)12-10(17)5-7(2)21-14(12)19/h4-5,8,17,20H,1,6,16H2,2-3H3. The van der Waals surface area contributed by atoms with Gasteiger partial charge in [-0.15, -0.1) is 0 Å². The van der Waals surface area contributed by atoms with Gasteiger partial charge in [-0.1, -0.05) is 19.6 Å². The molecule has 6 nitrogen and oxygen atoms in total. The number of carbonyl (C=O) groups is 1. The average molecular weight is 291 g/mol. The summed E-state index contributed by atoms with van der Waals surface area (Å²) in [6, 6.07) is 1.29.